The number of hydrogen-bond donors (Lipinski definition) is 1. The van der Waals surface area contributed by atoms with E-state index in [9.17, 15) is 9.59 Å². The molecule has 0 aliphatic heterocycles. The van der Waals surface area contributed by atoms with Gasteiger partial charge in [-0.15, -0.1) is 0 Å². The molecule has 16 heavy (non-hydrogen) atoms. The summed E-state index contributed by atoms with van der Waals surface area (Å²) in [6.07, 6.45) is 1.75. The zero-order valence-corrected chi connectivity index (χ0v) is 10.7. The molecular weight excluding hydrogens is 206 g/mol. The van der Waals surface area contributed by atoms with Crippen molar-refractivity contribution in [2.75, 3.05) is 13.7 Å². The lowest BCUT2D eigenvalue weighted by Gasteiger charge is -2.17. The molecule has 0 saturated heterocycles. The van der Waals surface area contributed by atoms with E-state index < -0.39 is 0 Å². The molecule has 0 radical (unpaired) electrons. The average molecular weight is 229 g/mol. The normalized spacial score (nSPS) is 12.6. The molecule has 0 fully saturated rings. The molecule has 94 valence electrons. The number of Topliss-reactive ketones (excluding diaryl/α,β-unsaturated/α-hetero) is 1. The summed E-state index contributed by atoms with van der Waals surface area (Å²) in [5.74, 6) is 0.372. The van der Waals surface area contributed by atoms with Crippen molar-refractivity contribution in [2.24, 2.45) is 5.92 Å². The lowest BCUT2D eigenvalue weighted by Crippen LogP contribution is -2.39. The van der Waals surface area contributed by atoms with Crippen LogP contribution in [0, 0.1) is 5.92 Å². The van der Waals surface area contributed by atoms with Crippen LogP contribution < -0.4 is 5.32 Å². The van der Waals surface area contributed by atoms with Crippen LogP contribution in [-0.2, 0) is 14.3 Å². The van der Waals surface area contributed by atoms with Crippen molar-refractivity contribution in [2.45, 2.75) is 46.1 Å². The van der Waals surface area contributed by atoms with E-state index in [1.807, 2.05) is 6.92 Å². The van der Waals surface area contributed by atoms with Gasteiger partial charge in [0.1, 0.15) is 11.8 Å². The molecule has 0 aromatic rings. The number of methoxy groups -OCH3 is 1. The van der Waals surface area contributed by atoms with Crippen LogP contribution in [-0.4, -0.2) is 31.4 Å². The van der Waals surface area contributed by atoms with Crippen molar-refractivity contribution in [3.05, 3.63) is 0 Å². The average Bonchev–Trinajstić information content (AvgIpc) is 2.25. The number of rotatable bonds is 8. The number of carbonyl (C=O) groups excluding carboxylic acids is 2. The highest BCUT2D eigenvalue weighted by atomic mass is 16.5. The van der Waals surface area contributed by atoms with Crippen LogP contribution in [0.25, 0.3) is 0 Å². The highest BCUT2D eigenvalue weighted by Crippen LogP contribution is 2.06. The Morgan fingerprint density at radius 1 is 1.31 bits per heavy atom. The van der Waals surface area contributed by atoms with Crippen molar-refractivity contribution < 1.29 is 14.3 Å². The molecule has 0 spiro atoms. The molecule has 0 unspecified atom stereocenters. The molecule has 0 saturated carbocycles. The fraction of sp³-hybridized carbons (Fsp3) is 0.833. The summed E-state index contributed by atoms with van der Waals surface area (Å²) in [5, 5.41) is 3.07. The molecule has 0 amide bonds. The summed E-state index contributed by atoms with van der Waals surface area (Å²) in [7, 11) is 1.38. The zero-order chi connectivity index (χ0) is 12.6. The molecule has 4 nitrogen and oxygen atoms in total. The molecule has 0 bridgehead atoms. The minimum atomic E-state index is -0.297. The van der Waals surface area contributed by atoms with Gasteiger partial charge in [-0.3, -0.25) is 9.59 Å². The molecule has 0 aromatic carbocycles. The van der Waals surface area contributed by atoms with Crippen molar-refractivity contribution in [1.29, 1.82) is 0 Å². The standard InChI is InChI=1S/C12H23NO3/c1-5-10(14)6-7-13-11(8-9(2)3)12(15)16-4/h9,11,13H,5-8H2,1-4H3/t11-/m0/s1. The van der Waals surface area contributed by atoms with E-state index in [1.54, 1.807) is 0 Å². The second-order valence-corrected chi connectivity index (χ2v) is 4.30. The van der Waals surface area contributed by atoms with Gasteiger partial charge in [-0.05, 0) is 12.3 Å². The van der Waals surface area contributed by atoms with Gasteiger partial charge in [0.25, 0.3) is 0 Å². The molecule has 0 rings (SSSR count). The van der Waals surface area contributed by atoms with Crippen molar-refractivity contribution >= 4 is 11.8 Å². The van der Waals surface area contributed by atoms with Gasteiger partial charge in [0.05, 0.1) is 7.11 Å². The Bertz CT molecular complexity index is 226. The van der Waals surface area contributed by atoms with E-state index in [-0.39, 0.29) is 17.8 Å². The van der Waals surface area contributed by atoms with Crippen LogP contribution in [0.2, 0.25) is 0 Å². The zero-order valence-electron chi connectivity index (χ0n) is 10.7. The van der Waals surface area contributed by atoms with Gasteiger partial charge in [-0.25, -0.2) is 0 Å². The van der Waals surface area contributed by atoms with Crippen molar-refractivity contribution in [3.8, 4) is 0 Å². The van der Waals surface area contributed by atoms with E-state index in [0.29, 0.717) is 25.3 Å². The number of nitrogens with one attached hydrogen (secondary N) is 1. The molecule has 0 aliphatic rings. The van der Waals surface area contributed by atoms with Crippen molar-refractivity contribution in [3.63, 3.8) is 0 Å². The predicted octanol–water partition coefficient (Wildman–Crippen LogP) is 1.53. The first-order chi connectivity index (χ1) is 7.51. The van der Waals surface area contributed by atoms with Crippen LogP contribution >= 0.6 is 0 Å². The number of hydrogen-bond acceptors (Lipinski definition) is 4. The second-order valence-electron chi connectivity index (χ2n) is 4.30. The Hall–Kier alpha value is -0.900. The van der Waals surface area contributed by atoms with Crippen LogP contribution in [0.15, 0.2) is 0 Å². The monoisotopic (exact) mass is 229 g/mol. The summed E-state index contributed by atoms with van der Waals surface area (Å²) >= 11 is 0. The number of carbonyl (C=O) groups is 2. The van der Waals surface area contributed by atoms with E-state index in [0.717, 1.165) is 6.42 Å². The molecule has 0 aliphatic carbocycles. The fourth-order valence-electron chi connectivity index (χ4n) is 1.44. The van der Waals surface area contributed by atoms with E-state index in [1.165, 1.54) is 7.11 Å². The first-order valence-corrected chi connectivity index (χ1v) is 5.84. The van der Waals surface area contributed by atoms with Gasteiger partial charge >= 0.3 is 5.97 Å². The summed E-state index contributed by atoms with van der Waals surface area (Å²) in [6, 6.07) is -0.297. The number of ether oxygens (including phenoxy) is 1. The third-order valence-electron chi connectivity index (χ3n) is 2.38. The molecular formula is C12H23NO3. The maximum atomic E-state index is 11.4. The number of esters is 1. The Balaban J connectivity index is 4.01. The van der Waals surface area contributed by atoms with Gasteiger partial charge in [-0.1, -0.05) is 20.8 Å². The topological polar surface area (TPSA) is 55.4 Å². The smallest absolute Gasteiger partial charge is 0.322 e. The highest BCUT2D eigenvalue weighted by Gasteiger charge is 2.19. The van der Waals surface area contributed by atoms with Gasteiger partial charge in [0.2, 0.25) is 0 Å². The van der Waals surface area contributed by atoms with Crippen LogP contribution in [0.5, 0.6) is 0 Å². The Morgan fingerprint density at radius 3 is 2.38 bits per heavy atom. The largest absolute Gasteiger partial charge is 0.468 e. The molecule has 0 aromatic heterocycles. The van der Waals surface area contributed by atoms with E-state index >= 15 is 0 Å². The second kappa shape index (κ2) is 8.28. The minimum absolute atomic E-state index is 0.209. The number of ketones is 1. The fourth-order valence-corrected chi connectivity index (χ4v) is 1.44. The molecule has 4 heteroatoms. The summed E-state index contributed by atoms with van der Waals surface area (Å²) in [6.45, 7) is 6.48. The predicted molar refractivity (Wildman–Crippen MR) is 63.2 cm³/mol. The third-order valence-corrected chi connectivity index (χ3v) is 2.38. The highest BCUT2D eigenvalue weighted by molar-refractivity contribution is 5.78. The Kier molecular flexibility index (Phi) is 7.81. The van der Waals surface area contributed by atoms with E-state index in [4.69, 9.17) is 4.74 Å². The summed E-state index contributed by atoms with van der Waals surface area (Å²) in [5.41, 5.74) is 0. The lowest BCUT2D eigenvalue weighted by atomic mass is 10.0. The Morgan fingerprint density at radius 2 is 1.94 bits per heavy atom. The molecule has 1 atom stereocenters. The maximum absolute atomic E-state index is 11.4. The SMILES string of the molecule is CCC(=O)CCN[C@@H](CC(C)C)C(=O)OC. The van der Waals surface area contributed by atoms with Gasteiger partial charge < -0.3 is 10.1 Å². The van der Waals surface area contributed by atoms with Crippen LogP contribution in [0.3, 0.4) is 0 Å². The maximum Gasteiger partial charge on any atom is 0.322 e. The van der Waals surface area contributed by atoms with E-state index in [2.05, 4.69) is 19.2 Å². The lowest BCUT2D eigenvalue weighted by molar-refractivity contribution is -0.143. The summed E-state index contributed by atoms with van der Waals surface area (Å²) < 4.78 is 4.71. The summed E-state index contributed by atoms with van der Waals surface area (Å²) in [4.78, 5) is 22.5. The third kappa shape index (κ3) is 6.56. The first kappa shape index (κ1) is 15.1. The van der Waals surface area contributed by atoms with Crippen LogP contribution in [0.4, 0.5) is 0 Å². The van der Waals surface area contributed by atoms with Gasteiger partial charge in [0.15, 0.2) is 0 Å². The molecule has 0 heterocycles. The first-order valence-electron chi connectivity index (χ1n) is 5.84. The quantitative estimate of drug-likeness (QED) is 0.641. The van der Waals surface area contributed by atoms with Gasteiger partial charge in [0, 0.05) is 19.4 Å². The van der Waals surface area contributed by atoms with Crippen LogP contribution in [0.1, 0.15) is 40.0 Å². The molecule has 1 N–H and O–H groups in total. The minimum Gasteiger partial charge on any atom is -0.468 e. The van der Waals surface area contributed by atoms with Crippen molar-refractivity contribution in [1.82, 2.24) is 5.32 Å². The van der Waals surface area contributed by atoms with Gasteiger partial charge in [-0.2, -0.15) is 0 Å². The Labute approximate surface area is 97.7 Å².